The molecule has 1 amide bonds. The normalized spacial score (nSPS) is 13.3. The van der Waals surface area contributed by atoms with Gasteiger partial charge in [0.15, 0.2) is 23.1 Å². The third kappa shape index (κ3) is 7.63. The van der Waals surface area contributed by atoms with Crippen LogP contribution in [-0.2, 0) is 6.54 Å². The zero-order valence-corrected chi connectivity index (χ0v) is 26.0. The number of hydrogen-bond acceptors (Lipinski definition) is 7. The highest BCUT2D eigenvalue weighted by atomic mass is 19.1. The van der Waals surface area contributed by atoms with Crippen LogP contribution in [0.1, 0.15) is 43.6 Å². The zero-order chi connectivity index (χ0) is 31.5. The van der Waals surface area contributed by atoms with Crippen molar-refractivity contribution in [1.29, 1.82) is 0 Å². The van der Waals surface area contributed by atoms with E-state index in [1.807, 2.05) is 33.8 Å². The summed E-state index contributed by atoms with van der Waals surface area (Å²) in [6.07, 6.45) is 3.28. The van der Waals surface area contributed by atoms with E-state index in [1.54, 1.807) is 24.4 Å². The molecular formula is C33H41F2N5O3. The summed E-state index contributed by atoms with van der Waals surface area (Å²) in [5.74, 6) is -2.12. The third-order valence-corrected chi connectivity index (χ3v) is 6.93. The number of ether oxygens (including phenoxy) is 2. The Morgan fingerprint density at radius 1 is 0.907 bits per heavy atom. The topological polar surface area (TPSA) is 79.8 Å². The molecule has 0 bridgehead atoms. The van der Waals surface area contributed by atoms with Crippen LogP contribution in [0.4, 0.5) is 14.6 Å². The Morgan fingerprint density at radius 2 is 1.56 bits per heavy atom. The lowest BCUT2D eigenvalue weighted by Gasteiger charge is -2.32. The number of halogens is 2. The largest absolute Gasteiger partial charge is 0.494 e. The molecule has 0 saturated carbocycles. The number of hydrogen-bond donors (Lipinski definition) is 1. The predicted octanol–water partition coefficient (Wildman–Crippen LogP) is 6.64. The van der Waals surface area contributed by atoms with Crippen molar-refractivity contribution in [3.05, 3.63) is 77.6 Å². The smallest absolute Gasteiger partial charge is 0.259 e. The number of amides is 1. The van der Waals surface area contributed by atoms with Gasteiger partial charge in [-0.15, -0.1) is 0 Å². The SMILES string of the molecule is CC.CC.COc1cc(OC)c(F)c(-c2ccc(C(=O)Nc3ccc(CN4CCN(C)CC4)cn3)c3ncccc23)c1F. The summed E-state index contributed by atoms with van der Waals surface area (Å²) in [6.45, 7) is 12.9. The number of pyridine rings is 2. The minimum absolute atomic E-state index is 0.163. The molecule has 2 aromatic heterocycles. The molecule has 5 rings (SSSR count). The van der Waals surface area contributed by atoms with Gasteiger partial charge in [0.25, 0.3) is 5.91 Å². The van der Waals surface area contributed by atoms with E-state index in [9.17, 15) is 4.79 Å². The summed E-state index contributed by atoms with van der Waals surface area (Å²) in [6, 6.07) is 11.1. The molecule has 1 fully saturated rings. The third-order valence-electron chi connectivity index (χ3n) is 6.93. The molecule has 43 heavy (non-hydrogen) atoms. The highest BCUT2D eigenvalue weighted by Crippen LogP contribution is 2.40. The van der Waals surface area contributed by atoms with Gasteiger partial charge >= 0.3 is 0 Å². The van der Waals surface area contributed by atoms with Crippen molar-refractivity contribution in [2.24, 2.45) is 0 Å². The molecule has 1 aliphatic rings. The van der Waals surface area contributed by atoms with Crippen LogP contribution in [0.3, 0.4) is 0 Å². The Morgan fingerprint density at radius 3 is 2.14 bits per heavy atom. The lowest BCUT2D eigenvalue weighted by molar-refractivity contribution is 0.102. The fourth-order valence-corrected chi connectivity index (χ4v) is 4.74. The van der Waals surface area contributed by atoms with Crippen molar-refractivity contribution in [3.63, 3.8) is 0 Å². The van der Waals surface area contributed by atoms with Gasteiger partial charge in [0.05, 0.1) is 30.9 Å². The molecule has 1 N–H and O–H groups in total. The fraction of sp³-hybridized carbons (Fsp3) is 0.364. The average Bonchev–Trinajstić information content (AvgIpc) is 3.05. The predicted molar refractivity (Wildman–Crippen MR) is 168 cm³/mol. The quantitative estimate of drug-likeness (QED) is 0.257. The van der Waals surface area contributed by atoms with Crippen molar-refractivity contribution in [2.45, 2.75) is 34.2 Å². The van der Waals surface area contributed by atoms with Gasteiger partial charge in [-0.1, -0.05) is 45.9 Å². The second-order valence-electron chi connectivity index (χ2n) is 9.43. The van der Waals surface area contributed by atoms with Crippen molar-refractivity contribution < 1.29 is 23.0 Å². The van der Waals surface area contributed by atoms with Crippen LogP contribution in [-0.4, -0.2) is 73.1 Å². The number of likely N-dealkylation sites (N-methyl/N-ethyl adjacent to an activating group) is 1. The Kier molecular flexibility index (Phi) is 12.3. The van der Waals surface area contributed by atoms with E-state index in [2.05, 4.69) is 32.1 Å². The van der Waals surface area contributed by atoms with Gasteiger partial charge in [-0.25, -0.2) is 13.8 Å². The molecule has 4 aromatic rings. The molecule has 0 unspecified atom stereocenters. The van der Waals surface area contributed by atoms with Gasteiger partial charge < -0.3 is 19.7 Å². The molecule has 0 aliphatic carbocycles. The molecule has 0 spiro atoms. The number of benzene rings is 2. The highest BCUT2D eigenvalue weighted by Gasteiger charge is 2.24. The standard InChI is InChI=1S/C29H29F2N5O3.2C2H6/c1-35-11-13-36(14-12-35)17-18-6-9-24(33-16-18)34-29(37)21-8-7-19(20-5-4-10-32-28(20)21)25-26(30)22(38-2)15-23(39-3)27(25)31;2*1-2/h4-10,15-16H,11-14,17H2,1-3H3,(H,33,34,37);2*1-2H3. The Hall–Kier alpha value is -4.15. The van der Waals surface area contributed by atoms with Crippen LogP contribution >= 0.6 is 0 Å². The van der Waals surface area contributed by atoms with Crippen molar-refractivity contribution >= 4 is 22.6 Å². The monoisotopic (exact) mass is 593 g/mol. The lowest BCUT2D eigenvalue weighted by Crippen LogP contribution is -2.43. The molecule has 10 heteroatoms. The molecule has 2 aromatic carbocycles. The van der Waals surface area contributed by atoms with Crippen LogP contribution in [0.15, 0.2) is 54.9 Å². The summed E-state index contributed by atoms with van der Waals surface area (Å²) < 4.78 is 40.7. The number of aromatic nitrogens is 2. The van der Waals surface area contributed by atoms with Gasteiger partial charge in [0.2, 0.25) is 0 Å². The Balaban J connectivity index is 0.00000121. The first-order valence-electron chi connectivity index (χ1n) is 14.5. The Bertz CT molecular complexity index is 1480. The Labute approximate surface area is 252 Å². The van der Waals surface area contributed by atoms with Gasteiger partial charge in [-0.2, -0.15) is 0 Å². The number of piperazine rings is 1. The van der Waals surface area contributed by atoms with Gasteiger partial charge in [-0.3, -0.25) is 14.7 Å². The maximum atomic E-state index is 15.3. The summed E-state index contributed by atoms with van der Waals surface area (Å²) in [5, 5.41) is 3.20. The molecule has 230 valence electrons. The molecule has 8 nitrogen and oxygen atoms in total. The molecular weight excluding hydrogens is 552 g/mol. The maximum absolute atomic E-state index is 15.3. The number of anilines is 1. The van der Waals surface area contributed by atoms with E-state index in [-0.39, 0.29) is 28.2 Å². The van der Waals surface area contributed by atoms with Crippen LogP contribution in [0.2, 0.25) is 0 Å². The molecule has 0 atom stereocenters. The first-order chi connectivity index (χ1) is 20.9. The number of rotatable bonds is 7. The maximum Gasteiger partial charge on any atom is 0.259 e. The first kappa shape index (κ1) is 33.4. The van der Waals surface area contributed by atoms with E-state index >= 15 is 8.78 Å². The first-order valence-corrected chi connectivity index (χ1v) is 14.5. The second kappa shape index (κ2) is 15.9. The number of nitrogens with one attached hydrogen (secondary N) is 1. The molecule has 1 saturated heterocycles. The van der Waals surface area contributed by atoms with Gasteiger partial charge in [0, 0.05) is 56.6 Å². The highest BCUT2D eigenvalue weighted by molar-refractivity contribution is 6.14. The molecule has 3 heterocycles. The number of nitrogens with zero attached hydrogens (tertiary/aromatic N) is 4. The van der Waals surface area contributed by atoms with Gasteiger partial charge in [0.1, 0.15) is 5.82 Å². The molecule has 1 aliphatic heterocycles. The summed E-state index contributed by atoms with van der Waals surface area (Å²) in [7, 11) is 4.70. The number of carbonyl (C=O) groups is 1. The van der Waals surface area contributed by atoms with E-state index in [4.69, 9.17) is 9.47 Å². The minimum Gasteiger partial charge on any atom is -0.494 e. The van der Waals surface area contributed by atoms with E-state index in [0.717, 1.165) is 44.4 Å². The van der Waals surface area contributed by atoms with Crippen molar-refractivity contribution in [3.8, 4) is 22.6 Å². The zero-order valence-electron chi connectivity index (χ0n) is 26.0. The van der Waals surface area contributed by atoms with E-state index in [0.29, 0.717) is 16.7 Å². The van der Waals surface area contributed by atoms with Gasteiger partial charge in [-0.05, 0) is 36.4 Å². The summed E-state index contributed by atoms with van der Waals surface area (Å²) in [4.78, 5) is 26.7. The summed E-state index contributed by atoms with van der Waals surface area (Å²) in [5.41, 5.74) is 1.49. The van der Waals surface area contributed by atoms with Crippen LogP contribution in [0.25, 0.3) is 22.0 Å². The second-order valence-corrected chi connectivity index (χ2v) is 9.43. The van der Waals surface area contributed by atoms with Crippen LogP contribution < -0.4 is 14.8 Å². The number of carbonyl (C=O) groups excluding carboxylic acids is 1. The lowest BCUT2D eigenvalue weighted by atomic mass is 9.96. The van der Waals surface area contributed by atoms with Crippen LogP contribution in [0.5, 0.6) is 11.5 Å². The van der Waals surface area contributed by atoms with E-state index < -0.39 is 17.5 Å². The van der Waals surface area contributed by atoms with E-state index in [1.165, 1.54) is 32.5 Å². The average molecular weight is 594 g/mol. The summed E-state index contributed by atoms with van der Waals surface area (Å²) >= 11 is 0. The minimum atomic E-state index is -0.876. The van der Waals surface area contributed by atoms with Crippen LogP contribution in [0, 0.1) is 11.6 Å². The van der Waals surface area contributed by atoms with Crippen molar-refractivity contribution in [1.82, 2.24) is 19.8 Å². The van der Waals surface area contributed by atoms with Crippen molar-refractivity contribution in [2.75, 3.05) is 52.8 Å². The fourth-order valence-electron chi connectivity index (χ4n) is 4.74. The number of fused-ring (bicyclic) bond motifs is 1. The molecule has 0 radical (unpaired) electrons. The number of methoxy groups -OCH3 is 2.